The maximum Gasteiger partial charge on any atom is 0.270 e. The van der Waals surface area contributed by atoms with Crippen molar-refractivity contribution in [3.63, 3.8) is 0 Å². The Morgan fingerprint density at radius 3 is 2.86 bits per heavy atom. The second-order valence-corrected chi connectivity index (χ2v) is 7.34. The molecule has 0 spiro atoms. The van der Waals surface area contributed by atoms with E-state index in [0.29, 0.717) is 24.6 Å². The maximum atomic E-state index is 12.4. The number of carbonyl (C=O) groups is 1. The Morgan fingerprint density at radius 1 is 1.07 bits per heavy atom. The van der Waals surface area contributed by atoms with Crippen LogP contribution in [-0.2, 0) is 19.4 Å². The molecule has 0 saturated carbocycles. The Kier molecular flexibility index (Phi) is 4.60. The molecule has 2 aliphatic heterocycles. The first-order valence-corrected chi connectivity index (χ1v) is 10.0. The molecular formula is C23H22N4O2. The second kappa shape index (κ2) is 7.54. The lowest BCUT2D eigenvalue weighted by molar-refractivity contribution is 0.0940. The quantitative estimate of drug-likeness (QED) is 0.719. The predicted octanol–water partition coefficient (Wildman–Crippen LogP) is 3.37. The number of rotatable bonds is 4. The van der Waals surface area contributed by atoms with Crippen molar-refractivity contribution >= 4 is 11.7 Å². The highest BCUT2D eigenvalue weighted by molar-refractivity contribution is 5.96. The van der Waals surface area contributed by atoms with Gasteiger partial charge in [0.15, 0.2) is 5.82 Å². The van der Waals surface area contributed by atoms with Crippen LogP contribution in [0.15, 0.2) is 48.5 Å². The van der Waals surface area contributed by atoms with E-state index in [0.717, 1.165) is 48.6 Å². The van der Waals surface area contributed by atoms with Gasteiger partial charge in [-0.15, -0.1) is 0 Å². The summed E-state index contributed by atoms with van der Waals surface area (Å²) in [4.78, 5) is 21.7. The van der Waals surface area contributed by atoms with Gasteiger partial charge in [0.1, 0.15) is 17.3 Å². The van der Waals surface area contributed by atoms with Gasteiger partial charge in [0.05, 0.1) is 6.61 Å². The minimum atomic E-state index is -0.139. The summed E-state index contributed by atoms with van der Waals surface area (Å²) < 4.78 is 5.71. The van der Waals surface area contributed by atoms with Crippen LogP contribution in [0.3, 0.4) is 0 Å². The number of nitrogens with zero attached hydrogens (tertiary/aromatic N) is 2. The van der Waals surface area contributed by atoms with Gasteiger partial charge in [0, 0.05) is 24.2 Å². The van der Waals surface area contributed by atoms with Crippen LogP contribution in [0.5, 0.6) is 5.75 Å². The van der Waals surface area contributed by atoms with E-state index >= 15 is 0 Å². The fraction of sp³-hybridized carbons (Fsp3) is 0.261. The third-order valence-electron chi connectivity index (χ3n) is 5.35. The summed E-state index contributed by atoms with van der Waals surface area (Å²) in [5.74, 6) is 2.14. The summed E-state index contributed by atoms with van der Waals surface area (Å²) in [5.41, 5.74) is 4.66. The average Bonchev–Trinajstić information content (AvgIpc) is 2.78. The second-order valence-electron chi connectivity index (χ2n) is 7.34. The number of benzene rings is 2. The monoisotopic (exact) mass is 386 g/mol. The summed E-state index contributed by atoms with van der Waals surface area (Å²) in [7, 11) is 0. The van der Waals surface area contributed by atoms with Crippen molar-refractivity contribution in [2.75, 3.05) is 18.5 Å². The summed E-state index contributed by atoms with van der Waals surface area (Å²) in [6.07, 6.45) is 2.82. The van der Waals surface area contributed by atoms with E-state index in [-0.39, 0.29) is 5.91 Å². The van der Waals surface area contributed by atoms with Crippen LogP contribution in [0.2, 0.25) is 0 Å². The number of carbonyl (C=O) groups excluding carboxylic acids is 1. The minimum absolute atomic E-state index is 0.139. The lowest BCUT2D eigenvalue weighted by Crippen LogP contribution is -2.34. The molecule has 3 aromatic rings. The third-order valence-corrected chi connectivity index (χ3v) is 5.35. The van der Waals surface area contributed by atoms with E-state index in [9.17, 15) is 4.79 Å². The van der Waals surface area contributed by atoms with Crippen molar-refractivity contribution in [2.45, 2.75) is 25.8 Å². The summed E-state index contributed by atoms with van der Waals surface area (Å²) >= 11 is 0. The van der Waals surface area contributed by atoms with E-state index in [1.54, 1.807) is 0 Å². The van der Waals surface area contributed by atoms with Crippen molar-refractivity contribution in [1.82, 2.24) is 15.3 Å². The van der Waals surface area contributed by atoms with Crippen molar-refractivity contribution < 1.29 is 9.53 Å². The predicted molar refractivity (Wildman–Crippen MR) is 111 cm³/mol. The minimum Gasteiger partial charge on any atom is -0.493 e. The Labute approximate surface area is 169 Å². The van der Waals surface area contributed by atoms with Crippen LogP contribution < -0.4 is 15.4 Å². The highest BCUT2D eigenvalue weighted by Crippen LogP contribution is 2.28. The average molecular weight is 386 g/mol. The first-order valence-electron chi connectivity index (χ1n) is 10.0. The van der Waals surface area contributed by atoms with Gasteiger partial charge in [-0.2, -0.15) is 0 Å². The molecule has 1 amide bonds. The zero-order chi connectivity index (χ0) is 19.6. The Bertz CT molecular complexity index is 1070. The number of amides is 1. The Hall–Kier alpha value is -3.41. The first kappa shape index (κ1) is 17.7. The molecule has 1 aromatic heterocycles. The SMILES string of the molecule is O=C1NCCc2c(NCc3ccc4c(c3)CCCO4)nc(-c3ccccc3)nc21. The zero-order valence-electron chi connectivity index (χ0n) is 16.1. The number of hydrogen-bond acceptors (Lipinski definition) is 5. The van der Waals surface area contributed by atoms with E-state index < -0.39 is 0 Å². The molecule has 2 aliphatic rings. The standard InChI is InChI=1S/C23H22N4O2/c28-23-20-18(10-11-24-23)22(27-21(26-20)16-5-2-1-3-6-16)25-14-15-8-9-19-17(13-15)7-4-12-29-19/h1-3,5-6,8-9,13H,4,7,10-12,14H2,(H,24,28)(H,25,26,27). The van der Waals surface area contributed by atoms with Gasteiger partial charge < -0.3 is 15.4 Å². The topological polar surface area (TPSA) is 76.1 Å². The van der Waals surface area contributed by atoms with Gasteiger partial charge in [-0.25, -0.2) is 9.97 Å². The number of ether oxygens (including phenoxy) is 1. The van der Waals surface area contributed by atoms with Crippen molar-refractivity contribution in [3.8, 4) is 17.1 Å². The molecule has 6 heteroatoms. The maximum absolute atomic E-state index is 12.4. The van der Waals surface area contributed by atoms with Gasteiger partial charge in [-0.3, -0.25) is 4.79 Å². The number of aryl methyl sites for hydroxylation is 1. The van der Waals surface area contributed by atoms with E-state index in [4.69, 9.17) is 9.72 Å². The smallest absolute Gasteiger partial charge is 0.270 e. The lowest BCUT2D eigenvalue weighted by Gasteiger charge is -2.21. The van der Waals surface area contributed by atoms with Crippen LogP contribution in [-0.4, -0.2) is 29.0 Å². The Morgan fingerprint density at radius 2 is 1.97 bits per heavy atom. The molecule has 29 heavy (non-hydrogen) atoms. The van der Waals surface area contributed by atoms with Gasteiger partial charge in [-0.05, 0) is 36.5 Å². The largest absolute Gasteiger partial charge is 0.493 e. The Balaban J connectivity index is 1.47. The molecule has 0 unspecified atom stereocenters. The molecule has 0 saturated heterocycles. The molecule has 0 aliphatic carbocycles. The summed E-state index contributed by atoms with van der Waals surface area (Å²) in [6, 6.07) is 16.1. The molecule has 5 rings (SSSR count). The number of nitrogens with one attached hydrogen (secondary N) is 2. The molecule has 0 fully saturated rings. The van der Waals surface area contributed by atoms with Crippen LogP contribution in [0, 0.1) is 0 Å². The molecule has 2 N–H and O–H groups in total. The van der Waals surface area contributed by atoms with Crippen LogP contribution in [0.1, 0.15) is 33.6 Å². The number of anilines is 1. The molecule has 0 radical (unpaired) electrons. The lowest BCUT2D eigenvalue weighted by atomic mass is 10.0. The van der Waals surface area contributed by atoms with Gasteiger partial charge >= 0.3 is 0 Å². The number of aromatic nitrogens is 2. The molecule has 0 atom stereocenters. The normalized spacial score (nSPS) is 15.0. The fourth-order valence-corrected chi connectivity index (χ4v) is 3.87. The van der Waals surface area contributed by atoms with Crippen molar-refractivity contribution in [3.05, 3.63) is 70.9 Å². The fourth-order valence-electron chi connectivity index (χ4n) is 3.87. The molecular weight excluding hydrogens is 364 g/mol. The zero-order valence-corrected chi connectivity index (χ0v) is 16.1. The molecule has 2 aromatic carbocycles. The summed E-state index contributed by atoms with van der Waals surface area (Å²) in [6.45, 7) is 2.03. The van der Waals surface area contributed by atoms with E-state index in [1.165, 1.54) is 11.1 Å². The van der Waals surface area contributed by atoms with E-state index in [2.05, 4.69) is 27.8 Å². The highest BCUT2D eigenvalue weighted by atomic mass is 16.5. The third kappa shape index (κ3) is 3.53. The van der Waals surface area contributed by atoms with Crippen molar-refractivity contribution in [2.24, 2.45) is 0 Å². The van der Waals surface area contributed by atoms with E-state index in [1.807, 2.05) is 36.4 Å². The molecule has 0 bridgehead atoms. The van der Waals surface area contributed by atoms with Gasteiger partial charge in [-0.1, -0.05) is 42.5 Å². The first-order chi connectivity index (χ1) is 14.3. The van der Waals surface area contributed by atoms with Gasteiger partial charge in [0.2, 0.25) is 0 Å². The number of fused-ring (bicyclic) bond motifs is 2. The van der Waals surface area contributed by atoms with Gasteiger partial charge in [0.25, 0.3) is 5.91 Å². The number of hydrogen-bond donors (Lipinski definition) is 2. The molecule has 6 nitrogen and oxygen atoms in total. The molecule has 3 heterocycles. The van der Waals surface area contributed by atoms with Crippen LogP contribution in [0.4, 0.5) is 5.82 Å². The highest BCUT2D eigenvalue weighted by Gasteiger charge is 2.24. The van der Waals surface area contributed by atoms with Crippen LogP contribution in [0.25, 0.3) is 11.4 Å². The van der Waals surface area contributed by atoms with Crippen LogP contribution >= 0.6 is 0 Å². The summed E-state index contributed by atoms with van der Waals surface area (Å²) in [5, 5.41) is 6.34. The van der Waals surface area contributed by atoms with Crippen molar-refractivity contribution in [1.29, 1.82) is 0 Å². The molecule has 146 valence electrons.